The van der Waals surface area contributed by atoms with Gasteiger partial charge >= 0.3 is 12.2 Å². The largest absolute Gasteiger partial charge is 0.416 e. The molecule has 1 aromatic carbocycles. The number of rotatable bonds is 7. The summed E-state index contributed by atoms with van der Waals surface area (Å²) in [7, 11) is 0. The normalized spacial score (nSPS) is 15.6. The Morgan fingerprint density at radius 1 is 1.09 bits per heavy atom. The standard InChI is InChI=1S/C22H31F3N4O4/c1-21(2,3)18(19(31)29(13-17(30)28-33)12-14-6-4-5-7-14)27-20(32)26-16-10-8-15(9-11-16)22(23,24)25/h8-11,14,18,33H,4-7,12-13H2,1-3H3,(H,28,30)(H2,26,27,32). The second kappa shape index (κ2) is 10.9. The van der Waals surface area contributed by atoms with Crippen LogP contribution in [0.15, 0.2) is 24.3 Å². The molecule has 1 aliphatic carbocycles. The number of amides is 4. The summed E-state index contributed by atoms with van der Waals surface area (Å²) in [5.74, 6) is -1.01. The molecule has 1 atom stereocenters. The average Bonchev–Trinajstić information content (AvgIpc) is 3.23. The third-order valence-electron chi connectivity index (χ3n) is 5.58. The van der Waals surface area contributed by atoms with E-state index < -0.39 is 41.0 Å². The molecule has 0 saturated heterocycles. The number of hydrogen-bond donors (Lipinski definition) is 4. The molecule has 1 saturated carbocycles. The Kier molecular flexibility index (Phi) is 8.70. The summed E-state index contributed by atoms with van der Waals surface area (Å²) in [5, 5.41) is 13.9. The SMILES string of the molecule is CC(C)(C)C(NC(=O)Nc1ccc(C(F)(F)F)cc1)C(=O)N(CC(=O)NO)CC1CCCC1. The maximum atomic E-state index is 13.4. The molecule has 2 rings (SSSR count). The fourth-order valence-electron chi connectivity index (χ4n) is 3.82. The summed E-state index contributed by atoms with van der Waals surface area (Å²) in [4.78, 5) is 39.1. The number of benzene rings is 1. The van der Waals surface area contributed by atoms with Gasteiger partial charge in [0.2, 0.25) is 5.91 Å². The number of nitrogens with zero attached hydrogens (tertiary/aromatic N) is 1. The lowest BCUT2D eigenvalue weighted by Crippen LogP contribution is -2.57. The lowest BCUT2D eigenvalue weighted by atomic mass is 9.85. The van der Waals surface area contributed by atoms with Gasteiger partial charge in [-0.3, -0.25) is 14.8 Å². The molecule has 8 nitrogen and oxygen atoms in total. The van der Waals surface area contributed by atoms with Crippen LogP contribution >= 0.6 is 0 Å². The van der Waals surface area contributed by atoms with Gasteiger partial charge in [0, 0.05) is 12.2 Å². The van der Waals surface area contributed by atoms with Crippen molar-refractivity contribution in [3.05, 3.63) is 29.8 Å². The van der Waals surface area contributed by atoms with E-state index >= 15 is 0 Å². The molecule has 0 radical (unpaired) electrons. The van der Waals surface area contributed by atoms with Crippen LogP contribution in [0.2, 0.25) is 0 Å². The molecule has 184 valence electrons. The molecule has 4 N–H and O–H groups in total. The number of nitrogens with one attached hydrogen (secondary N) is 3. The molecular formula is C22H31F3N4O4. The van der Waals surface area contributed by atoms with Crippen molar-refractivity contribution in [2.45, 2.75) is 58.7 Å². The molecule has 0 aliphatic heterocycles. The van der Waals surface area contributed by atoms with Gasteiger partial charge in [0.15, 0.2) is 0 Å². The first-order valence-corrected chi connectivity index (χ1v) is 10.8. The fraction of sp³-hybridized carbons (Fsp3) is 0.591. The molecule has 0 spiro atoms. The molecule has 11 heteroatoms. The predicted octanol–water partition coefficient (Wildman–Crippen LogP) is 3.77. The van der Waals surface area contributed by atoms with Crippen molar-refractivity contribution in [1.82, 2.24) is 15.7 Å². The molecule has 33 heavy (non-hydrogen) atoms. The predicted molar refractivity (Wildman–Crippen MR) is 115 cm³/mol. The molecule has 0 aromatic heterocycles. The number of alkyl halides is 3. The average molecular weight is 473 g/mol. The highest BCUT2D eigenvalue weighted by molar-refractivity contribution is 5.95. The van der Waals surface area contributed by atoms with E-state index in [1.165, 1.54) is 10.4 Å². The molecule has 1 aromatic rings. The molecular weight excluding hydrogens is 441 g/mol. The van der Waals surface area contributed by atoms with E-state index in [4.69, 9.17) is 5.21 Å². The van der Waals surface area contributed by atoms with Crippen molar-refractivity contribution < 1.29 is 32.8 Å². The molecule has 1 unspecified atom stereocenters. The van der Waals surface area contributed by atoms with Crippen LogP contribution < -0.4 is 16.1 Å². The van der Waals surface area contributed by atoms with Gasteiger partial charge in [0.05, 0.1) is 5.56 Å². The minimum atomic E-state index is -4.49. The summed E-state index contributed by atoms with van der Waals surface area (Å²) in [6, 6.07) is 2.13. The maximum absolute atomic E-state index is 13.4. The molecule has 4 amide bonds. The Labute approximate surface area is 190 Å². The van der Waals surface area contributed by atoms with Gasteiger partial charge in [-0.1, -0.05) is 33.6 Å². The van der Waals surface area contributed by atoms with Crippen LogP contribution in [0.3, 0.4) is 0 Å². The van der Waals surface area contributed by atoms with Gasteiger partial charge < -0.3 is 15.5 Å². The van der Waals surface area contributed by atoms with Crippen LogP contribution in [0, 0.1) is 11.3 Å². The minimum absolute atomic E-state index is 0.128. The second-order valence-corrected chi connectivity index (χ2v) is 9.38. The highest BCUT2D eigenvalue weighted by Gasteiger charge is 2.37. The molecule has 1 fully saturated rings. The third-order valence-corrected chi connectivity index (χ3v) is 5.58. The minimum Gasteiger partial charge on any atom is -0.331 e. The highest BCUT2D eigenvalue weighted by atomic mass is 19.4. The number of halogens is 3. The van der Waals surface area contributed by atoms with E-state index in [0.717, 1.165) is 49.9 Å². The second-order valence-electron chi connectivity index (χ2n) is 9.38. The van der Waals surface area contributed by atoms with E-state index in [-0.39, 0.29) is 18.2 Å². The zero-order valence-electron chi connectivity index (χ0n) is 19.0. The zero-order valence-corrected chi connectivity index (χ0v) is 19.0. The Bertz CT molecular complexity index is 832. The van der Waals surface area contributed by atoms with Crippen molar-refractivity contribution in [2.24, 2.45) is 11.3 Å². The zero-order chi connectivity index (χ0) is 24.8. The number of anilines is 1. The molecule has 1 aliphatic rings. The molecule has 0 heterocycles. The van der Waals surface area contributed by atoms with Gasteiger partial charge in [-0.2, -0.15) is 13.2 Å². The van der Waals surface area contributed by atoms with Crippen LogP contribution in [0.1, 0.15) is 52.0 Å². The Balaban J connectivity index is 2.14. The van der Waals surface area contributed by atoms with Crippen LogP contribution in [0.25, 0.3) is 0 Å². The smallest absolute Gasteiger partial charge is 0.331 e. The van der Waals surface area contributed by atoms with Gasteiger partial charge in [-0.15, -0.1) is 0 Å². The summed E-state index contributed by atoms with van der Waals surface area (Å²) >= 11 is 0. The summed E-state index contributed by atoms with van der Waals surface area (Å²) in [6.45, 7) is 5.19. The van der Waals surface area contributed by atoms with Crippen LogP contribution in [-0.2, 0) is 15.8 Å². The van der Waals surface area contributed by atoms with E-state index in [9.17, 15) is 27.6 Å². The van der Waals surface area contributed by atoms with E-state index in [1.54, 1.807) is 20.8 Å². The van der Waals surface area contributed by atoms with Crippen molar-refractivity contribution in [3.8, 4) is 0 Å². The monoisotopic (exact) mass is 472 g/mol. The van der Waals surface area contributed by atoms with Crippen molar-refractivity contribution in [3.63, 3.8) is 0 Å². The van der Waals surface area contributed by atoms with Crippen LogP contribution in [-0.4, -0.2) is 47.1 Å². The van der Waals surface area contributed by atoms with E-state index in [2.05, 4.69) is 10.6 Å². The topological polar surface area (TPSA) is 111 Å². The maximum Gasteiger partial charge on any atom is 0.416 e. The van der Waals surface area contributed by atoms with Gasteiger partial charge in [-0.25, -0.2) is 10.3 Å². The number of hydrogen-bond acceptors (Lipinski definition) is 4. The third kappa shape index (κ3) is 7.92. The van der Waals surface area contributed by atoms with Crippen LogP contribution in [0.4, 0.5) is 23.7 Å². The Morgan fingerprint density at radius 2 is 1.67 bits per heavy atom. The van der Waals surface area contributed by atoms with E-state index in [0.29, 0.717) is 6.54 Å². The number of carbonyl (C=O) groups excluding carboxylic acids is 3. The van der Waals surface area contributed by atoms with Crippen molar-refractivity contribution >= 4 is 23.5 Å². The van der Waals surface area contributed by atoms with Crippen LogP contribution in [0.5, 0.6) is 0 Å². The van der Waals surface area contributed by atoms with Crippen molar-refractivity contribution in [2.75, 3.05) is 18.4 Å². The van der Waals surface area contributed by atoms with Gasteiger partial charge in [0.25, 0.3) is 5.91 Å². The number of carbonyl (C=O) groups is 3. The Hall–Kier alpha value is -2.82. The molecule has 0 bridgehead atoms. The first-order chi connectivity index (χ1) is 15.3. The summed E-state index contributed by atoms with van der Waals surface area (Å²) in [6.07, 6.45) is -0.571. The lowest BCUT2D eigenvalue weighted by Gasteiger charge is -2.35. The summed E-state index contributed by atoms with van der Waals surface area (Å²) < 4.78 is 38.2. The summed E-state index contributed by atoms with van der Waals surface area (Å²) in [5.41, 5.74) is 0.0724. The van der Waals surface area contributed by atoms with E-state index in [1.807, 2.05) is 0 Å². The quantitative estimate of drug-likeness (QED) is 0.358. The number of urea groups is 1. The number of hydroxylamine groups is 1. The first kappa shape index (κ1) is 26.4. The fourth-order valence-corrected chi connectivity index (χ4v) is 3.82. The highest BCUT2D eigenvalue weighted by Crippen LogP contribution is 2.30. The van der Waals surface area contributed by atoms with Gasteiger partial charge in [-0.05, 0) is 48.4 Å². The lowest BCUT2D eigenvalue weighted by molar-refractivity contribution is -0.142. The first-order valence-electron chi connectivity index (χ1n) is 10.8. The van der Waals surface area contributed by atoms with Gasteiger partial charge in [0.1, 0.15) is 12.6 Å². The Morgan fingerprint density at radius 3 is 2.15 bits per heavy atom. The van der Waals surface area contributed by atoms with Crippen molar-refractivity contribution in [1.29, 1.82) is 0 Å².